The average molecular weight is 309 g/mol. The van der Waals surface area contributed by atoms with Gasteiger partial charge >= 0.3 is 5.97 Å². The third-order valence-electron chi connectivity index (χ3n) is 3.29. The van der Waals surface area contributed by atoms with E-state index in [0.717, 1.165) is 5.56 Å². The van der Waals surface area contributed by atoms with Crippen LogP contribution in [0.3, 0.4) is 0 Å². The highest BCUT2D eigenvalue weighted by Crippen LogP contribution is 2.34. The lowest BCUT2D eigenvalue weighted by Crippen LogP contribution is -2.46. The van der Waals surface area contributed by atoms with E-state index in [0.29, 0.717) is 5.75 Å². The van der Waals surface area contributed by atoms with Gasteiger partial charge in [-0.15, -0.1) is 11.8 Å². The second kappa shape index (κ2) is 6.34. The number of thioether (sulfide) groups is 1. The van der Waals surface area contributed by atoms with Crippen LogP contribution >= 0.6 is 11.8 Å². The van der Waals surface area contributed by atoms with Crippen LogP contribution < -0.4 is 0 Å². The summed E-state index contributed by atoms with van der Waals surface area (Å²) in [5.41, 5.74) is 0.811. The van der Waals surface area contributed by atoms with E-state index in [1.807, 2.05) is 13.8 Å². The lowest BCUT2D eigenvalue weighted by Gasteiger charge is -2.28. The number of hydrogen-bond acceptors (Lipinski definition) is 4. The van der Waals surface area contributed by atoms with Crippen LogP contribution in [0.15, 0.2) is 18.5 Å². The van der Waals surface area contributed by atoms with E-state index in [1.54, 1.807) is 30.2 Å². The number of amides is 1. The van der Waals surface area contributed by atoms with E-state index in [-0.39, 0.29) is 17.2 Å². The topological polar surface area (TPSA) is 75.4 Å². The molecule has 6 nitrogen and oxygen atoms in total. The zero-order valence-electron chi connectivity index (χ0n) is 12.3. The van der Waals surface area contributed by atoms with E-state index in [1.165, 1.54) is 22.7 Å². The Kier molecular flexibility index (Phi) is 4.72. The second-order valence-electron chi connectivity index (χ2n) is 5.35. The van der Waals surface area contributed by atoms with Crippen LogP contribution in [0, 0.1) is 5.92 Å². The van der Waals surface area contributed by atoms with Gasteiger partial charge in [0.05, 0.1) is 11.6 Å². The van der Waals surface area contributed by atoms with Gasteiger partial charge in [-0.1, -0.05) is 13.8 Å². The van der Waals surface area contributed by atoms with Gasteiger partial charge in [0.15, 0.2) is 0 Å². The summed E-state index contributed by atoms with van der Waals surface area (Å²) in [5, 5.41) is 13.2. The molecule has 0 aromatic carbocycles. The van der Waals surface area contributed by atoms with Crippen molar-refractivity contribution in [3.05, 3.63) is 24.0 Å². The van der Waals surface area contributed by atoms with Gasteiger partial charge in [-0.3, -0.25) is 9.48 Å². The number of carboxylic acids is 1. The minimum atomic E-state index is -0.950. The van der Waals surface area contributed by atoms with E-state index < -0.39 is 12.0 Å². The van der Waals surface area contributed by atoms with E-state index in [9.17, 15) is 14.7 Å². The lowest BCUT2D eigenvalue weighted by atomic mass is 10.1. The minimum absolute atomic E-state index is 0.0999. The molecule has 1 N–H and O–H groups in total. The number of carbonyl (C=O) groups excluding carboxylic acids is 1. The van der Waals surface area contributed by atoms with Crippen LogP contribution in [0.25, 0.3) is 6.08 Å². The molecule has 1 aliphatic heterocycles. The summed E-state index contributed by atoms with van der Waals surface area (Å²) in [7, 11) is 1.80. The number of nitrogens with zero attached hydrogens (tertiary/aromatic N) is 3. The van der Waals surface area contributed by atoms with Crippen LogP contribution in [0.1, 0.15) is 19.4 Å². The molecule has 1 aromatic rings. The molecule has 7 heteroatoms. The monoisotopic (exact) mass is 309 g/mol. The standard InChI is InChI=1S/C14H19N3O3S/c1-9(2)13-17(11(8-21-13)14(19)20)12(18)5-4-10-6-15-16(3)7-10/h4-7,9,11,13H,8H2,1-3H3,(H,19,20). The highest BCUT2D eigenvalue weighted by Gasteiger charge is 2.41. The summed E-state index contributed by atoms with van der Waals surface area (Å²) in [6.45, 7) is 3.99. The molecule has 0 bridgehead atoms. The van der Waals surface area contributed by atoms with Crippen molar-refractivity contribution in [3.63, 3.8) is 0 Å². The molecule has 2 rings (SSSR count). The van der Waals surface area contributed by atoms with Crippen LogP contribution in [-0.4, -0.2) is 48.8 Å². The van der Waals surface area contributed by atoms with E-state index in [2.05, 4.69) is 5.10 Å². The Balaban J connectivity index is 2.17. The fourth-order valence-corrected chi connectivity index (χ4v) is 3.77. The van der Waals surface area contributed by atoms with Crippen LogP contribution in [0.2, 0.25) is 0 Å². The summed E-state index contributed by atoms with van der Waals surface area (Å²) in [5.74, 6) is -0.580. The molecule has 1 aliphatic rings. The molecule has 114 valence electrons. The molecule has 0 saturated carbocycles. The van der Waals surface area contributed by atoms with Crippen molar-refractivity contribution in [2.24, 2.45) is 13.0 Å². The molecular formula is C14H19N3O3S. The first-order valence-electron chi connectivity index (χ1n) is 6.73. The quantitative estimate of drug-likeness (QED) is 0.852. The second-order valence-corrected chi connectivity index (χ2v) is 6.50. The smallest absolute Gasteiger partial charge is 0.327 e. The number of rotatable bonds is 4. The zero-order valence-corrected chi connectivity index (χ0v) is 13.1. The molecule has 2 unspecified atom stereocenters. The van der Waals surface area contributed by atoms with Crippen molar-refractivity contribution in [2.75, 3.05) is 5.75 Å². The number of aliphatic carboxylic acids is 1. The first-order valence-corrected chi connectivity index (χ1v) is 7.78. The molecule has 2 atom stereocenters. The van der Waals surface area contributed by atoms with Crippen LogP contribution in [-0.2, 0) is 16.6 Å². The number of carbonyl (C=O) groups is 2. The van der Waals surface area contributed by atoms with Crippen molar-refractivity contribution in [1.82, 2.24) is 14.7 Å². The third-order valence-corrected chi connectivity index (χ3v) is 4.91. The maximum absolute atomic E-state index is 12.4. The van der Waals surface area contributed by atoms with Gasteiger partial charge in [0.2, 0.25) is 5.91 Å². The number of aryl methyl sites for hydroxylation is 1. The number of carboxylic acid groups (broad SMARTS) is 1. The third kappa shape index (κ3) is 3.47. The molecule has 1 amide bonds. The molecule has 1 saturated heterocycles. The zero-order chi connectivity index (χ0) is 15.6. The Morgan fingerprint density at radius 1 is 1.52 bits per heavy atom. The fourth-order valence-electron chi connectivity index (χ4n) is 2.29. The van der Waals surface area contributed by atoms with Crippen molar-refractivity contribution < 1.29 is 14.7 Å². The van der Waals surface area contributed by atoms with Crippen molar-refractivity contribution in [2.45, 2.75) is 25.3 Å². The summed E-state index contributed by atoms with van der Waals surface area (Å²) >= 11 is 1.52. The Labute approximate surface area is 127 Å². The van der Waals surface area contributed by atoms with Crippen LogP contribution in [0.4, 0.5) is 0 Å². The Bertz CT molecular complexity index is 568. The Hall–Kier alpha value is -1.76. The Morgan fingerprint density at radius 3 is 2.76 bits per heavy atom. The maximum Gasteiger partial charge on any atom is 0.327 e. The molecule has 0 radical (unpaired) electrons. The highest BCUT2D eigenvalue weighted by atomic mass is 32.2. The number of hydrogen-bond donors (Lipinski definition) is 1. The van der Waals surface area contributed by atoms with Gasteiger partial charge in [-0.2, -0.15) is 5.10 Å². The molecule has 1 aromatic heterocycles. The van der Waals surface area contributed by atoms with Gasteiger partial charge in [0.1, 0.15) is 6.04 Å². The summed E-state index contributed by atoms with van der Waals surface area (Å²) < 4.78 is 1.65. The molecule has 0 spiro atoms. The maximum atomic E-state index is 12.4. The minimum Gasteiger partial charge on any atom is -0.480 e. The Morgan fingerprint density at radius 2 is 2.24 bits per heavy atom. The number of aromatic nitrogens is 2. The predicted molar refractivity (Wildman–Crippen MR) is 81.6 cm³/mol. The first kappa shape index (κ1) is 15.6. The molecular weight excluding hydrogens is 290 g/mol. The lowest BCUT2D eigenvalue weighted by molar-refractivity contribution is -0.147. The summed E-state index contributed by atoms with van der Waals surface area (Å²) in [6.07, 6.45) is 6.52. The van der Waals surface area contributed by atoms with E-state index >= 15 is 0 Å². The van der Waals surface area contributed by atoms with Gasteiger partial charge in [-0.05, 0) is 12.0 Å². The molecule has 2 heterocycles. The van der Waals surface area contributed by atoms with Gasteiger partial charge < -0.3 is 10.0 Å². The molecule has 1 fully saturated rings. The van der Waals surface area contributed by atoms with Gasteiger partial charge in [0, 0.05) is 30.6 Å². The van der Waals surface area contributed by atoms with Crippen LogP contribution in [0.5, 0.6) is 0 Å². The summed E-state index contributed by atoms with van der Waals surface area (Å²) in [6, 6.07) is -0.756. The van der Waals surface area contributed by atoms with Crippen molar-refractivity contribution in [1.29, 1.82) is 0 Å². The SMILES string of the molecule is CC(C)C1SCC(C(=O)O)N1C(=O)C=Cc1cnn(C)c1. The van der Waals surface area contributed by atoms with Gasteiger partial charge in [0.25, 0.3) is 0 Å². The largest absolute Gasteiger partial charge is 0.480 e. The predicted octanol–water partition coefficient (Wildman–Crippen LogP) is 1.44. The molecule has 0 aliphatic carbocycles. The molecule has 21 heavy (non-hydrogen) atoms. The highest BCUT2D eigenvalue weighted by molar-refractivity contribution is 8.00. The fraction of sp³-hybridized carbons (Fsp3) is 0.500. The average Bonchev–Trinajstić information content (AvgIpc) is 3.01. The first-order chi connectivity index (χ1) is 9.90. The normalized spacial score (nSPS) is 22.4. The van der Waals surface area contributed by atoms with E-state index in [4.69, 9.17) is 0 Å². The summed E-state index contributed by atoms with van der Waals surface area (Å²) in [4.78, 5) is 25.2. The van der Waals surface area contributed by atoms with Crippen molar-refractivity contribution >= 4 is 29.7 Å². The van der Waals surface area contributed by atoms with Gasteiger partial charge in [-0.25, -0.2) is 4.79 Å². The van der Waals surface area contributed by atoms with Crippen molar-refractivity contribution in [3.8, 4) is 0 Å².